The molecule has 0 aliphatic carbocycles. The number of amides is 1. The molecule has 0 aromatic heterocycles. The normalized spacial score (nSPS) is 12.9. The van der Waals surface area contributed by atoms with Crippen molar-refractivity contribution in [1.82, 2.24) is 5.32 Å². The van der Waals surface area contributed by atoms with Gasteiger partial charge in [-0.2, -0.15) is 0 Å². The van der Waals surface area contributed by atoms with Crippen molar-refractivity contribution in [3.8, 4) is 0 Å². The summed E-state index contributed by atoms with van der Waals surface area (Å²) in [6.45, 7) is 22.2. The Morgan fingerprint density at radius 1 is 0.800 bits per heavy atom. The van der Waals surface area contributed by atoms with Crippen LogP contribution in [0.15, 0.2) is 0 Å². The summed E-state index contributed by atoms with van der Waals surface area (Å²) >= 11 is 0. The monoisotopic (exact) mass is 431 g/mol. The predicted molar refractivity (Wildman–Crippen MR) is 123 cm³/mol. The van der Waals surface area contributed by atoms with Crippen LogP contribution in [-0.2, 0) is 23.7 Å². The van der Waals surface area contributed by atoms with E-state index in [2.05, 4.69) is 53.8 Å². The number of nitrogens with one attached hydrogen (secondary N) is 1. The summed E-state index contributed by atoms with van der Waals surface area (Å²) in [6.07, 6.45) is 1.19. The first kappa shape index (κ1) is 29.3. The number of hydrogen-bond acceptors (Lipinski definition) is 5. The highest BCUT2D eigenvalue weighted by Gasteiger charge is 2.35. The van der Waals surface area contributed by atoms with Crippen molar-refractivity contribution in [2.75, 3.05) is 46.2 Å². The number of rotatable bonds is 18. The summed E-state index contributed by atoms with van der Waals surface area (Å²) in [5, 5.41) is 3.19. The summed E-state index contributed by atoms with van der Waals surface area (Å²) in [4.78, 5) is 13.0. The van der Waals surface area contributed by atoms with Gasteiger partial charge < -0.3 is 24.3 Å². The van der Waals surface area contributed by atoms with Gasteiger partial charge >= 0.3 is 0 Å². The second-order valence-corrected chi connectivity index (χ2v) is 10.3. The smallest absolute Gasteiger partial charge is 0.223 e. The molecule has 6 heteroatoms. The zero-order chi connectivity index (χ0) is 23.2. The molecule has 0 bridgehead atoms. The molecule has 0 aliphatic rings. The van der Waals surface area contributed by atoms with E-state index in [4.69, 9.17) is 18.9 Å². The molecule has 1 amide bonds. The number of carbonyl (C=O) groups is 1. The van der Waals surface area contributed by atoms with Gasteiger partial charge in [-0.1, -0.05) is 48.5 Å². The molecule has 0 rings (SSSR count). The van der Waals surface area contributed by atoms with Gasteiger partial charge in [0.2, 0.25) is 5.91 Å². The van der Waals surface area contributed by atoms with Gasteiger partial charge in [0.05, 0.1) is 31.8 Å². The van der Waals surface area contributed by atoms with E-state index >= 15 is 0 Å². The van der Waals surface area contributed by atoms with Crippen LogP contribution in [0.5, 0.6) is 0 Å². The van der Waals surface area contributed by atoms with Gasteiger partial charge in [-0.3, -0.25) is 4.79 Å². The standard InChI is InChI=1S/C24H49NO5/c1-10-11-30-23(8,9)12-22(26)25-24(16-27-13-19(2)3,17-28-14-20(4)5)18-29-15-21(6)7/h19-21H,10-18H2,1-9H3,(H,25,26). The summed E-state index contributed by atoms with van der Waals surface area (Å²) in [5.74, 6) is 1.15. The lowest BCUT2D eigenvalue weighted by atomic mass is 9.99. The molecule has 0 atom stereocenters. The fraction of sp³-hybridized carbons (Fsp3) is 0.958. The molecular formula is C24H49NO5. The summed E-state index contributed by atoms with van der Waals surface area (Å²) < 4.78 is 23.7. The molecule has 30 heavy (non-hydrogen) atoms. The van der Waals surface area contributed by atoms with E-state index in [1.165, 1.54) is 0 Å². The molecule has 1 N–H and O–H groups in total. The van der Waals surface area contributed by atoms with Crippen molar-refractivity contribution in [2.24, 2.45) is 17.8 Å². The average Bonchev–Trinajstić information content (AvgIpc) is 2.58. The van der Waals surface area contributed by atoms with Gasteiger partial charge in [0, 0.05) is 26.4 Å². The molecule has 0 aliphatic heterocycles. The topological polar surface area (TPSA) is 66.0 Å². The Hall–Kier alpha value is -0.690. The minimum Gasteiger partial charge on any atom is -0.379 e. The lowest BCUT2D eigenvalue weighted by molar-refractivity contribution is -0.134. The van der Waals surface area contributed by atoms with Crippen molar-refractivity contribution in [3.05, 3.63) is 0 Å². The maximum absolute atomic E-state index is 13.0. The predicted octanol–water partition coefficient (Wildman–Crippen LogP) is 4.45. The molecule has 6 nitrogen and oxygen atoms in total. The fourth-order valence-corrected chi connectivity index (χ4v) is 2.86. The average molecular weight is 432 g/mol. The Labute approximate surface area is 185 Å². The zero-order valence-electron chi connectivity index (χ0n) is 21.1. The lowest BCUT2D eigenvalue weighted by Gasteiger charge is -2.36. The second-order valence-electron chi connectivity index (χ2n) is 10.3. The maximum Gasteiger partial charge on any atom is 0.223 e. The van der Waals surface area contributed by atoms with Crippen molar-refractivity contribution in [1.29, 1.82) is 0 Å². The van der Waals surface area contributed by atoms with Gasteiger partial charge in [0.1, 0.15) is 5.54 Å². The molecular weight excluding hydrogens is 382 g/mol. The number of carbonyl (C=O) groups excluding carboxylic acids is 1. The van der Waals surface area contributed by atoms with E-state index in [0.29, 0.717) is 64.0 Å². The van der Waals surface area contributed by atoms with E-state index in [-0.39, 0.29) is 12.3 Å². The van der Waals surface area contributed by atoms with Crippen LogP contribution in [0.2, 0.25) is 0 Å². The van der Waals surface area contributed by atoms with Crippen molar-refractivity contribution < 1.29 is 23.7 Å². The molecule has 180 valence electrons. The van der Waals surface area contributed by atoms with Crippen LogP contribution in [-0.4, -0.2) is 63.3 Å². The Balaban J connectivity index is 5.31. The van der Waals surface area contributed by atoms with Crippen LogP contribution in [0, 0.1) is 17.8 Å². The van der Waals surface area contributed by atoms with Crippen molar-refractivity contribution >= 4 is 5.91 Å². The van der Waals surface area contributed by atoms with Crippen LogP contribution in [0.4, 0.5) is 0 Å². The van der Waals surface area contributed by atoms with Crippen LogP contribution < -0.4 is 5.32 Å². The number of ether oxygens (including phenoxy) is 4. The Kier molecular flexibility index (Phi) is 14.8. The highest BCUT2D eigenvalue weighted by molar-refractivity contribution is 5.77. The Morgan fingerprint density at radius 3 is 1.53 bits per heavy atom. The Morgan fingerprint density at radius 2 is 1.20 bits per heavy atom. The van der Waals surface area contributed by atoms with E-state index in [1.807, 2.05) is 13.8 Å². The van der Waals surface area contributed by atoms with Gasteiger partial charge in [-0.25, -0.2) is 0 Å². The van der Waals surface area contributed by atoms with Crippen LogP contribution in [0.1, 0.15) is 75.2 Å². The van der Waals surface area contributed by atoms with Gasteiger partial charge in [-0.15, -0.1) is 0 Å². The van der Waals surface area contributed by atoms with Gasteiger partial charge in [-0.05, 0) is 38.0 Å². The fourth-order valence-electron chi connectivity index (χ4n) is 2.86. The number of hydrogen-bond donors (Lipinski definition) is 1. The Bertz CT molecular complexity index is 413. The molecule has 0 saturated carbocycles. The third-order valence-corrected chi connectivity index (χ3v) is 4.18. The summed E-state index contributed by atoms with van der Waals surface area (Å²) in [5.41, 5.74) is -1.25. The quantitative estimate of drug-likeness (QED) is 0.347. The third-order valence-electron chi connectivity index (χ3n) is 4.18. The molecule has 0 heterocycles. The van der Waals surface area contributed by atoms with E-state index in [0.717, 1.165) is 6.42 Å². The second kappa shape index (κ2) is 15.2. The maximum atomic E-state index is 13.0. The summed E-state index contributed by atoms with van der Waals surface area (Å²) in [7, 11) is 0. The van der Waals surface area contributed by atoms with Crippen molar-refractivity contribution in [3.63, 3.8) is 0 Å². The van der Waals surface area contributed by atoms with Gasteiger partial charge in [0.25, 0.3) is 0 Å². The first-order valence-electron chi connectivity index (χ1n) is 11.6. The van der Waals surface area contributed by atoms with Gasteiger partial charge in [0.15, 0.2) is 0 Å². The highest BCUT2D eigenvalue weighted by atomic mass is 16.5. The first-order chi connectivity index (χ1) is 13.9. The largest absolute Gasteiger partial charge is 0.379 e. The minimum atomic E-state index is -0.726. The van der Waals surface area contributed by atoms with E-state index < -0.39 is 11.1 Å². The highest BCUT2D eigenvalue weighted by Crippen LogP contribution is 2.18. The van der Waals surface area contributed by atoms with Crippen LogP contribution in [0.25, 0.3) is 0 Å². The molecule has 0 spiro atoms. The van der Waals surface area contributed by atoms with E-state index in [1.54, 1.807) is 0 Å². The van der Waals surface area contributed by atoms with Crippen LogP contribution >= 0.6 is 0 Å². The molecule has 0 fully saturated rings. The molecule has 0 saturated heterocycles. The first-order valence-corrected chi connectivity index (χ1v) is 11.6. The molecule has 0 radical (unpaired) electrons. The molecule has 0 aromatic rings. The molecule has 0 unspecified atom stereocenters. The van der Waals surface area contributed by atoms with Crippen molar-refractivity contribution in [2.45, 2.75) is 86.3 Å². The summed E-state index contributed by atoms with van der Waals surface area (Å²) in [6, 6.07) is 0. The SMILES string of the molecule is CCCOC(C)(C)CC(=O)NC(COCC(C)C)(COCC(C)C)COCC(C)C. The van der Waals surface area contributed by atoms with Crippen LogP contribution in [0.3, 0.4) is 0 Å². The minimum absolute atomic E-state index is 0.0782. The molecule has 0 aromatic carbocycles. The zero-order valence-corrected chi connectivity index (χ0v) is 21.1. The van der Waals surface area contributed by atoms with E-state index in [9.17, 15) is 4.79 Å². The lowest BCUT2D eigenvalue weighted by Crippen LogP contribution is -2.59. The third kappa shape index (κ3) is 15.2.